The van der Waals surface area contributed by atoms with E-state index in [-0.39, 0.29) is 5.91 Å². The molecule has 5 nitrogen and oxygen atoms in total. The number of benzene rings is 2. The van der Waals surface area contributed by atoms with Crippen LogP contribution in [0.4, 0.5) is 11.4 Å². The van der Waals surface area contributed by atoms with Gasteiger partial charge >= 0.3 is 0 Å². The lowest BCUT2D eigenvalue weighted by molar-refractivity contribution is -0.116. The van der Waals surface area contributed by atoms with Crippen molar-refractivity contribution in [3.63, 3.8) is 0 Å². The molecule has 1 unspecified atom stereocenters. The Morgan fingerprint density at radius 1 is 1.04 bits per heavy atom. The minimum Gasteiger partial charge on any atom is -0.324 e. The highest BCUT2D eigenvalue weighted by Crippen LogP contribution is 2.21. The number of nitrogens with zero attached hydrogens (tertiary/aromatic N) is 1. The topological polar surface area (TPSA) is 66.5 Å². The molecule has 0 saturated carbocycles. The zero-order valence-corrected chi connectivity index (χ0v) is 15.1. The molecule has 128 valence electrons. The third-order valence-corrected chi connectivity index (χ3v) is 4.83. The second-order valence-electron chi connectivity index (χ2n) is 5.94. The van der Waals surface area contributed by atoms with Crippen LogP contribution in [0.3, 0.4) is 0 Å². The fraction of sp³-hybridized carbons (Fsp3) is 0.278. The van der Waals surface area contributed by atoms with Gasteiger partial charge in [0.05, 0.1) is 11.9 Å². The number of carbonyl (C=O) groups excluding carboxylic acids is 1. The average molecular weight is 346 g/mol. The summed E-state index contributed by atoms with van der Waals surface area (Å²) in [4.78, 5) is 12.6. The van der Waals surface area contributed by atoms with Gasteiger partial charge in [0.25, 0.3) is 0 Å². The Morgan fingerprint density at radius 3 is 2.08 bits per heavy atom. The monoisotopic (exact) mass is 346 g/mol. The van der Waals surface area contributed by atoms with E-state index in [4.69, 9.17) is 0 Å². The lowest BCUT2D eigenvalue weighted by Crippen LogP contribution is -2.45. The van der Waals surface area contributed by atoms with Gasteiger partial charge in [0, 0.05) is 5.69 Å². The Morgan fingerprint density at radius 2 is 1.58 bits per heavy atom. The lowest BCUT2D eigenvalue weighted by Gasteiger charge is -2.28. The third kappa shape index (κ3) is 4.35. The maximum Gasteiger partial charge on any atom is 0.247 e. The van der Waals surface area contributed by atoms with Gasteiger partial charge < -0.3 is 5.32 Å². The Balaban J connectivity index is 2.29. The first-order valence-electron chi connectivity index (χ1n) is 7.62. The minimum absolute atomic E-state index is 0.380. The van der Waals surface area contributed by atoms with Crippen molar-refractivity contribution in [3.05, 3.63) is 59.7 Å². The number of para-hydroxylation sites is 1. The standard InChI is InChI=1S/C18H22N2O3S/c1-13-10-14(2)12-16(11-13)19-18(21)15(3)20(24(4,22)23)17-8-6-5-7-9-17/h5-12,15H,1-4H3,(H,19,21). The molecule has 2 aromatic rings. The normalized spacial score (nSPS) is 12.5. The van der Waals surface area contributed by atoms with E-state index in [0.29, 0.717) is 11.4 Å². The first-order valence-corrected chi connectivity index (χ1v) is 9.47. The molecule has 6 heteroatoms. The van der Waals surface area contributed by atoms with Gasteiger partial charge in [-0.25, -0.2) is 8.42 Å². The van der Waals surface area contributed by atoms with Crippen LogP contribution in [0.2, 0.25) is 0 Å². The van der Waals surface area contributed by atoms with E-state index in [2.05, 4.69) is 5.32 Å². The van der Waals surface area contributed by atoms with Crippen LogP contribution in [-0.4, -0.2) is 26.6 Å². The molecule has 0 aliphatic carbocycles. The molecule has 0 aliphatic rings. The van der Waals surface area contributed by atoms with E-state index in [1.54, 1.807) is 37.3 Å². The second kappa shape index (κ2) is 7.05. The maximum absolute atomic E-state index is 12.6. The first-order chi connectivity index (χ1) is 11.2. The predicted molar refractivity (Wildman–Crippen MR) is 97.8 cm³/mol. The highest BCUT2D eigenvalue weighted by molar-refractivity contribution is 7.92. The van der Waals surface area contributed by atoms with E-state index in [1.165, 1.54) is 0 Å². The van der Waals surface area contributed by atoms with Gasteiger partial charge in [0.1, 0.15) is 6.04 Å². The first kappa shape index (κ1) is 18.0. The fourth-order valence-electron chi connectivity index (χ4n) is 2.68. The summed E-state index contributed by atoms with van der Waals surface area (Å²) in [7, 11) is -3.60. The molecule has 0 bridgehead atoms. The highest BCUT2D eigenvalue weighted by Gasteiger charge is 2.29. The van der Waals surface area contributed by atoms with Crippen LogP contribution >= 0.6 is 0 Å². The number of nitrogens with one attached hydrogen (secondary N) is 1. The van der Waals surface area contributed by atoms with E-state index in [0.717, 1.165) is 21.7 Å². The number of aryl methyl sites for hydroxylation is 2. The number of hydrogen-bond donors (Lipinski definition) is 1. The molecule has 0 radical (unpaired) electrons. The smallest absolute Gasteiger partial charge is 0.247 e. The van der Waals surface area contributed by atoms with Crippen molar-refractivity contribution < 1.29 is 13.2 Å². The number of rotatable bonds is 5. The van der Waals surface area contributed by atoms with Gasteiger partial charge in [-0.3, -0.25) is 9.10 Å². The molecule has 0 saturated heterocycles. The molecule has 0 heterocycles. The van der Waals surface area contributed by atoms with Crippen LogP contribution < -0.4 is 9.62 Å². The fourth-order valence-corrected chi connectivity index (χ4v) is 3.85. The molecule has 0 fully saturated rings. The SMILES string of the molecule is Cc1cc(C)cc(NC(=O)C(C)N(c2ccccc2)S(C)(=O)=O)c1. The molecule has 0 spiro atoms. The molecule has 24 heavy (non-hydrogen) atoms. The predicted octanol–water partition coefficient (Wildman–Crippen LogP) is 3.10. The van der Waals surface area contributed by atoms with Crippen molar-refractivity contribution in [2.75, 3.05) is 15.9 Å². The van der Waals surface area contributed by atoms with Gasteiger partial charge in [0.15, 0.2) is 0 Å². The molecular formula is C18H22N2O3S. The molecule has 2 aromatic carbocycles. The highest BCUT2D eigenvalue weighted by atomic mass is 32.2. The Hall–Kier alpha value is -2.34. The second-order valence-corrected chi connectivity index (χ2v) is 7.80. The zero-order chi connectivity index (χ0) is 17.9. The van der Waals surface area contributed by atoms with Gasteiger partial charge in [-0.2, -0.15) is 0 Å². The summed E-state index contributed by atoms with van der Waals surface area (Å²) in [6.07, 6.45) is 1.10. The number of anilines is 2. The largest absolute Gasteiger partial charge is 0.324 e. The van der Waals surface area contributed by atoms with Crippen molar-refractivity contribution >= 4 is 27.3 Å². The van der Waals surface area contributed by atoms with Crippen molar-refractivity contribution in [1.29, 1.82) is 0 Å². The molecule has 1 N–H and O–H groups in total. The Kier molecular flexibility index (Phi) is 5.29. The van der Waals surface area contributed by atoms with Gasteiger partial charge in [-0.15, -0.1) is 0 Å². The molecular weight excluding hydrogens is 324 g/mol. The molecule has 2 rings (SSSR count). The minimum atomic E-state index is -3.60. The van der Waals surface area contributed by atoms with Crippen molar-refractivity contribution in [2.24, 2.45) is 0 Å². The summed E-state index contributed by atoms with van der Waals surface area (Å²) in [5.41, 5.74) is 3.18. The van der Waals surface area contributed by atoms with Crippen LogP contribution in [-0.2, 0) is 14.8 Å². The summed E-state index contributed by atoms with van der Waals surface area (Å²) in [6, 6.07) is 13.4. The van der Waals surface area contributed by atoms with E-state index in [1.807, 2.05) is 32.0 Å². The quantitative estimate of drug-likeness (QED) is 0.905. The van der Waals surface area contributed by atoms with Gasteiger partial charge in [-0.05, 0) is 56.2 Å². The molecule has 1 atom stereocenters. The molecule has 0 aliphatic heterocycles. The third-order valence-electron chi connectivity index (χ3n) is 3.59. The van der Waals surface area contributed by atoms with E-state index >= 15 is 0 Å². The summed E-state index contributed by atoms with van der Waals surface area (Å²) < 4.78 is 25.5. The van der Waals surface area contributed by atoms with Crippen LogP contribution in [0.1, 0.15) is 18.1 Å². The van der Waals surface area contributed by atoms with Crippen molar-refractivity contribution in [3.8, 4) is 0 Å². The van der Waals surface area contributed by atoms with Gasteiger partial charge in [-0.1, -0.05) is 24.3 Å². The van der Waals surface area contributed by atoms with Crippen LogP contribution in [0.25, 0.3) is 0 Å². The number of hydrogen-bond acceptors (Lipinski definition) is 3. The van der Waals surface area contributed by atoms with Crippen LogP contribution in [0.5, 0.6) is 0 Å². The average Bonchev–Trinajstić information content (AvgIpc) is 2.45. The summed E-state index contributed by atoms with van der Waals surface area (Å²) >= 11 is 0. The van der Waals surface area contributed by atoms with Gasteiger partial charge in [0.2, 0.25) is 15.9 Å². The summed E-state index contributed by atoms with van der Waals surface area (Å²) in [6.45, 7) is 5.46. The number of sulfonamides is 1. The summed E-state index contributed by atoms with van der Waals surface area (Å²) in [5.74, 6) is -0.380. The van der Waals surface area contributed by atoms with Crippen LogP contribution in [0.15, 0.2) is 48.5 Å². The van der Waals surface area contributed by atoms with E-state index < -0.39 is 16.1 Å². The Labute approximate surface area is 143 Å². The number of amides is 1. The van der Waals surface area contributed by atoms with Crippen LogP contribution in [0, 0.1) is 13.8 Å². The van der Waals surface area contributed by atoms with Crippen molar-refractivity contribution in [1.82, 2.24) is 0 Å². The number of carbonyl (C=O) groups is 1. The summed E-state index contributed by atoms with van der Waals surface area (Å²) in [5, 5.41) is 2.80. The van der Waals surface area contributed by atoms with E-state index in [9.17, 15) is 13.2 Å². The van der Waals surface area contributed by atoms with Crippen molar-refractivity contribution in [2.45, 2.75) is 26.8 Å². The molecule has 0 aromatic heterocycles. The Bertz CT molecular complexity index is 812. The maximum atomic E-state index is 12.6. The molecule has 1 amide bonds. The lowest BCUT2D eigenvalue weighted by atomic mass is 10.1. The zero-order valence-electron chi connectivity index (χ0n) is 14.3.